The molecule has 1 saturated heterocycles. The Balaban J connectivity index is 2.22. The number of nitrogens with zero attached hydrogens (tertiary/aromatic N) is 2. The minimum atomic E-state index is -0.751. The fourth-order valence-electron chi connectivity index (χ4n) is 2.68. The lowest BCUT2D eigenvalue weighted by atomic mass is 10.1. The molecule has 1 N–H and O–H groups in total. The molecule has 21 heavy (non-hydrogen) atoms. The van der Waals surface area contributed by atoms with Crippen LogP contribution < -0.4 is 0 Å². The van der Waals surface area contributed by atoms with Gasteiger partial charge >= 0.3 is 0 Å². The highest BCUT2D eigenvalue weighted by Gasteiger charge is 2.31. The number of amides is 1. The summed E-state index contributed by atoms with van der Waals surface area (Å²) in [5.74, 6) is -1.27. The third kappa shape index (κ3) is 3.36. The summed E-state index contributed by atoms with van der Waals surface area (Å²) < 4.78 is 13.8. The Morgan fingerprint density at radius 3 is 2.95 bits per heavy atom. The molecule has 6 nitrogen and oxygen atoms in total. The predicted octanol–water partition coefficient (Wildman–Crippen LogP) is 2.11. The molecule has 1 atom stereocenters. The second-order valence-electron chi connectivity index (χ2n) is 5.08. The van der Waals surface area contributed by atoms with E-state index in [1.807, 2.05) is 0 Å². The molecule has 0 radical (unpaired) electrons. The van der Waals surface area contributed by atoms with E-state index in [0.29, 0.717) is 19.4 Å². The molecule has 1 amide bonds. The zero-order valence-electron chi connectivity index (χ0n) is 11.5. The highest BCUT2D eigenvalue weighted by Crippen LogP contribution is 2.26. The largest absolute Gasteiger partial charge is 0.396 e. The number of benzene rings is 1. The zero-order chi connectivity index (χ0) is 15.4. The van der Waals surface area contributed by atoms with Crippen molar-refractivity contribution in [2.24, 2.45) is 0 Å². The highest BCUT2D eigenvalue weighted by atomic mass is 19.1. The average molecular weight is 296 g/mol. The van der Waals surface area contributed by atoms with Crippen LogP contribution in [0.2, 0.25) is 0 Å². The van der Waals surface area contributed by atoms with E-state index in [1.165, 1.54) is 0 Å². The number of likely N-dealkylation sites (tertiary alicyclic amines) is 1. The van der Waals surface area contributed by atoms with Gasteiger partial charge in [-0.05, 0) is 31.7 Å². The van der Waals surface area contributed by atoms with Crippen molar-refractivity contribution in [3.05, 3.63) is 39.7 Å². The molecule has 0 bridgehead atoms. The lowest BCUT2D eigenvalue weighted by Gasteiger charge is -2.24. The van der Waals surface area contributed by atoms with Gasteiger partial charge in [-0.15, -0.1) is 0 Å². The fraction of sp³-hybridized carbons (Fsp3) is 0.500. The monoisotopic (exact) mass is 296 g/mol. The van der Waals surface area contributed by atoms with Crippen molar-refractivity contribution in [1.82, 2.24) is 4.90 Å². The molecule has 7 heteroatoms. The van der Waals surface area contributed by atoms with Crippen molar-refractivity contribution in [2.45, 2.75) is 31.7 Å². The second-order valence-corrected chi connectivity index (χ2v) is 5.08. The summed E-state index contributed by atoms with van der Waals surface area (Å²) in [5.41, 5.74) is -0.564. The molecule has 0 saturated carbocycles. The standard InChI is InChI=1S/C14H17FN2O4/c15-13-6-5-11(17(20)21)9-12(13)14(19)16-7-1-3-10(16)4-2-8-18/h5-6,9-10,18H,1-4,7-8H2. The Hall–Kier alpha value is -2.02. The molecule has 2 rings (SSSR count). The number of aliphatic hydroxyl groups is 1. The Morgan fingerprint density at radius 1 is 1.52 bits per heavy atom. The van der Waals surface area contributed by atoms with Gasteiger partial charge in [0.25, 0.3) is 11.6 Å². The molecule has 0 aliphatic carbocycles. The van der Waals surface area contributed by atoms with E-state index in [9.17, 15) is 19.3 Å². The summed E-state index contributed by atoms with van der Waals surface area (Å²) in [6.07, 6.45) is 2.85. The molecule has 0 spiro atoms. The van der Waals surface area contributed by atoms with Crippen LogP contribution in [0, 0.1) is 15.9 Å². The van der Waals surface area contributed by atoms with Gasteiger partial charge < -0.3 is 10.0 Å². The molecule has 1 aromatic carbocycles. The van der Waals surface area contributed by atoms with Gasteiger partial charge in [0.1, 0.15) is 5.82 Å². The quantitative estimate of drug-likeness (QED) is 0.666. The van der Waals surface area contributed by atoms with Crippen LogP contribution in [-0.4, -0.2) is 40.0 Å². The van der Waals surface area contributed by atoms with Gasteiger partial charge in [-0.2, -0.15) is 0 Å². The van der Waals surface area contributed by atoms with E-state index in [0.717, 1.165) is 31.0 Å². The number of hydrogen-bond donors (Lipinski definition) is 1. The van der Waals surface area contributed by atoms with E-state index in [2.05, 4.69) is 0 Å². The van der Waals surface area contributed by atoms with Crippen molar-refractivity contribution >= 4 is 11.6 Å². The first-order valence-electron chi connectivity index (χ1n) is 6.90. The number of carbonyl (C=O) groups excluding carboxylic acids is 1. The first-order valence-corrected chi connectivity index (χ1v) is 6.90. The minimum absolute atomic E-state index is 0.0386. The van der Waals surface area contributed by atoms with Gasteiger partial charge in [-0.1, -0.05) is 0 Å². The molecule has 1 aromatic rings. The second kappa shape index (κ2) is 6.62. The summed E-state index contributed by atoms with van der Waals surface area (Å²) in [6.45, 7) is 0.556. The van der Waals surface area contributed by atoms with Crippen molar-refractivity contribution in [1.29, 1.82) is 0 Å². The van der Waals surface area contributed by atoms with Gasteiger partial charge in [0.2, 0.25) is 0 Å². The molecule has 1 fully saturated rings. The SMILES string of the molecule is O=C(c1cc([N+](=O)[O-])ccc1F)N1CCCC1CCCO. The first kappa shape index (κ1) is 15.4. The maximum Gasteiger partial charge on any atom is 0.270 e. The maximum absolute atomic E-state index is 13.8. The van der Waals surface area contributed by atoms with Crippen LogP contribution in [0.5, 0.6) is 0 Å². The Labute approximate surface area is 121 Å². The van der Waals surface area contributed by atoms with E-state index < -0.39 is 16.6 Å². The van der Waals surface area contributed by atoms with Gasteiger partial charge in [0.05, 0.1) is 10.5 Å². The van der Waals surface area contributed by atoms with Crippen molar-refractivity contribution in [2.75, 3.05) is 13.2 Å². The van der Waals surface area contributed by atoms with Crippen LogP contribution in [0.4, 0.5) is 10.1 Å². The number of non-ortho nitro benzene ring substituents is 1. The molecule has 114 valence electrons. The van der Waals surface area contributed by atoms with Gasteiger partial charge in [-0.3, -0.25) is 14.9 Å². The lowest BCUT2D eigenvalue weighted by Crippen LogP contribution is -2.36. The number of nitro benzene ring substituents is 1. The van der Waals surface area contributed by atoms with Crippen molar-refractivity contribution in [3.8, 4) is 0 Å². The number of halogens is 1. The van der Waals surface area contributed by atoms with Gasteiger partial charge in [0, 0.05) is 31.3 Å². The van der Waals surface area contributed by atoms with Gasteiger partial charge in [-0.25, -0.2) is 4.39 Å². The lowest BCUT2D eigenvalue weighted by molar-refractivity contribution is -0.384. The topological polar surface area (TPSA) is 83.7 Å². The molecule has 1 aliphatic heterocycles. The Bertz CT molecular complexity index is 550. The highest BCUT2D eigenvalue weighted by molar-refractivity contribution is 5.95. The number of hydrogen-bond acceptors (Lipinski definition) is 4. The smallest absolute Gasteiger partial charge is 0.270 e. The maximum atomic E-state index is 13.8. The minimum Gasteiger partial charge on any atom is -0.396 e. The van der Waals surface area contributed by atoms with E-state index in [-0.39, 0.29) is 23.9 Å². The molecule has 1 aliphatic rings. The zero-order valence-corrected chi connectivity index (χ0v) is 11.5. The number of carbonyl (C=O) groups is 1. The predicted molar refractivity (Wildman–Crippen MR) is 73.4 cm³/mol. The summed E-state index contributed by atoms with van der Waals surface area (Å²) in [4.78, 5) is 24.1. The van der Waals surface area contributed by atoms with E-state index in [1.54, 1.807) is 4.90 Å². The fourth-order valence-corrected chi connectivity index (χ4v) is 2.68. The molecule has 1 unspecified atom stereocenters. The van der Waals surface area contributed by atoms with E-state index >= 15 is 0 Å². The van der Waals surface area contributed by atoms with Crippen LogP contribution >= 0.6 is 0 Å². The van der Waals surface area contributed by atoms with Crippen molar-refractivity contribution < 1.29 is 19.2 Å². The molecule has 0 aromatic heterocycles. The molecular weight excluding hydrogens is 279 g/mol. The summed E-state index contributed by atoms with van der Waals surface area (Å²) in [7, 11) is 0. The average Bonchev–Trinajstić information content (AvgIpc) is 2.93. The number of nitro groups is 1. The summed E-state index contributed by atoms with van der Waals surface area (Å²) in [6, 6.07) is 2.94. The van der Waals surface area contributed by atoms with Crippen molar-refractivity contribution in [3.63, 3.8) is 0 Å². The Morgan fingerprint density at radius 2 is 2.29 bits per heavy atom. The van der Waals surface area contributed by atoms with Crippen LogP contribution in [0.3, 0.4) is 0 Å². The van der Waals surface area contributed by atoms with Gasteiger partial charge in [0.15, 0.2) is 0 Å². The summed E-state index contributed by atoms with van der Waals surface area (Å²) >= 11 is 0. The van der Waals surface area contributed by atoms with Crippen LogP contribution in [0.25, 0.3) is 0 Å². The van der Waals surface area contributed by atoms with E-state index in [4.69, 9.17) is 5.11 Å². The van der Waals surface area contributed by atoms with Crippen LogP contribution in [-0.2, 0) is 0 Å². The van der Waals surface area contributed by atoms with Crippen LogP contribution in [0.1, 0.15) is 36.0 Å². The number of rotatable bonds is 5. The third-order valence-corrected chi connectivity index (χ3v) is 3.72. The van der Waals surface area contributed by atoms with Crippen LogP contribution in [0.15, 0.2) is 18.2 Å². The molecule has 1 heterocycles. The first-order chi connectivity index (χ1) is 10.0. The summed E-state index contributed by atoms with van der Waals surface area (Å²) in [5, 5.41) is 19.6. The molecular formula is C14H17FN2O4. The Kier molecular flexibility index (Phi) is 4.85. The number of aliphatic hydroxyl groups excluding tert-OH is 1. The normalized spacial score (nSPS) is 18.0. The third-order valence-electron chi connectivity index (χ3n) is 3.72.